The Bertz CT molecular complexity index is 918. The van der Waals surface area contributed by atoms with Gasteiger partial charge in [0, 0.05) is 26.0 Å². The Balaban J connectivity index is 1.75. The number of anilines is 1. The van der Waals surface area contributed by atoms with Crippen LogP contribution in [-0.4, -0.2) is 30.0 Å². The van der Waals surface area contributed by atoms with E-state index >= 15 is 0 Å². The Kier molecular flexibility index (Phi) is 4.65. The number of nitrogens with zero attached hydrogens (tertiary/aromatic N) is 4. The van der Waals surface area contributed by atoms with Crippen LogP contribution in [0, 0.1) is 0 Å². The van der Waals surface area contributed by atoms with Crippen molar-refractivity contribution in [3.63, 3.8) is 0 Å². The largest absolute Gasteiger partial charge is 0.344 e. The van der Waals surface area contributed by atoms with E-state index in [-0.39, 0.29) is 4.21 Å². The lowest BCUT2D eigenvalue weighted by molar-refractivity contribution is 0.599. The van der Waals surface area contributed by atoms with Gasteiger partial charge in [-0.25, -0.2) is 23.5 Å². The lowest BCUT2D eigenvalue weighted by Crippen LogP contribution is -2.19. The first-order chi connectivity index (χ1) is 11.4. The second-order valence-corrected chi connectivity index (χ2v) is 8.12. The molecule has 0 saturated carbocycles. The number of thiazole rings is 1. The lowest BCUT2D eigenvalue weighted by atomic mass is 10.2. The summed E-state index contributed by atoms with van der Waals surface area (Å²) in [5.74, 6) is 0.869. The Morgan fingerprint density at radius 3 is 2.67 bits per heavy atom. The van der Waals surface area contributed by atoms with Crippen LogP contribution in [-0.2, 0) is 23.1 Å². The molecule has 9 heteroatoms. The molecule has 24 heavy (non-hydrogen) atoms. The van der Waals surface area contributed by atoms with Gasteiger partial charge in [-0.3, -0.25) is 0 Å². The first-order valence-corrected chi connectivity index (χ1v) is 9.53. The molecule has 0 aliphatic rings. The molecule has 0 aliphatic heterocycles. The van der Waals surface area contributed by atoms with Crippen molar-refractivity contribution in [3.8, 4) is 0 Å². The molecule has 0 atom stereocenters. The molecule has 1 aromatic carbocycles. The quantitative estimate of drug-likeness (QED) is 0.719. The van der Waals surface area contributed by atoms with E-state index in [4.69, 9.17) is 5.14 Å². The molecule has 126 valence electrons. The number of imidazole rings is 1. The van der Waals surface area contributed by atoms with E-state index in [9.17, 15) is 8.42 Å². The van der Waals surface area contributed by atoms with Gasteiger partial charge in [0.1, 0.15) is 5.82 Å². The number of sulfonamides is 1. The number of rotatable bonds is 6. The van der Waals surface area contributed by atoms with Crippen LogP contribution in [0.5, 0.6) is 0 Å². The maximum atomic E-state index is 11.4. The summed E-state index contributed by atoms with van der Waals surface area (Å²) in [5.41, 5.74) is 1.19. The van der Waals surface area contributed by atoms with Crippen molar-refractivity contribution in [2.24, 2.45) is 5.14 Å². The molecule has 0 amide bonds. The normalized spacial score (nSPS) is 11.6. The molecule has 2 N–H and O–H groups in total. The summed E-state index contributed by atoms with van der Waals surface area (Å²) in [6.45, 7) is 1.24. The summed E-state index contributed by atoms with van der Waals surface area (Å²) >= 11 is 1.04. The summed E-state index contributed by atoms with van der Waals surface area (Å²) in [6.07, 6.45) is 4.96. The summed E-state index contributed by atoms with van der Waals surface area (Å²) in [4.78, 5) is 10.4. The van der Waals surface area contributed by atoms with Gasteiger partial charge in [-0.15, -0.1) is 0 Å². The minimum atomic E-state index is -3.72. The van der Waals surface area contributed by atoms with Gasteiger partial charge in [0.25, 0.3) is 0 Å². The number of primary sulfonamides is 1. The Morgan fingerprint density at radius 2 is 2.00 bits per heavy atom. The molecule has 0 bridgehead atoms. The molecule has 0 fully saturated rings. The third-order valence-corrected chi connectivity index (χ3v) is 5.97. The van der Waals surface area contributed by atoms with E-state index in [1.54, 1.807) is 6.20 Å². The smallest absolute Gasteiger partial charge is 0.249 e. The van der Waals surface area contributed by atoms with Crippen molar-refractivity contribution in [2.75, 3.05) is 11.9 Å². The number of nitrogens with two attached hydrogens (primary N) is 1. The fraction of sp³-hybridized carbons (Fsp3) is 0.200. The topological polar surface area (TPSA) is 94.1 Å². The van der Waals surface area contributed by atoms with Crippen molar-refractivity contribution in [2.45, 2.75) is 17.3 Å². The monoisotopic (exact) mass is 363 g/mol. The minimum absolute atomic E-state index is 0.0528. The summed E-state index contributed by atoms with van der Waals surface area (Å²) < 4.78 is 24.8. The molecule has 2 heterocycles. The number of hydrogen-bond donors (Lipinski definition) is 1. The summed E-state index contributed by atoms with van der Waals surface area (Å²) in [5, 5.41) is 5.70. The molecule has 0 spiro atoms. The zero-order chi connectivity index (χ0) is 17.2. The predicted octanol–water partition coefficient (Wildman–Crippen LogP) is 1.67. The van der Waals surface area contributed by atoms with Crippen molar-refractivity contribution in [3.05, 3.63) is 60.3 Å². The number of hydrogen-bond acceptors (Lipinski definition) is 6. The maximum absolute atomic E-state index is 11.4. The zero-order valence-corrected chi connectivity index (χ0v) is 14.7. The Labute approximate surface area is 144 Å². The molecule has 7 nitrogen and oxygen atoms in total. The van der Waals surface area contributed by atoms with Crippen LogP contribution < -0.4 is 10.0 Å². The first kappa shape index (κ1) is 16.6. The van der Waals surface area contributed by atoms with Gasteiger partial charge >= 0.3 is 0 Å². The molecule has 0 radical (unpaired) electrons. The minimum Gasteiger partial charge on any atom is -0.344 e. The molecule has 0 aliphatic carbocycles. The highest BCUT2D eigenvalue weighted by Gasteiger charge is 2.16. The molecule has 3 rings (SSSR count). The van der Waals surface area contributed by atoms with Crippen molar-refractivity contribution >= 4 is 26.5 Å². The van der Waals surface area contributed by atoms with E-state index in [1.807, 2.05) is 36.3 Å². The van der Waals surface area contributed by atoms with Crippen LogP contribution in [0.2, 0.25) is 0 Å². The van der Waals surface area contributed by atoms with E-state index in [0.717, 1.165) is 23.7 Å². The first-order valence-electron chi connectivity index (χ1n) is 7.17. The van der Waals surface area contributed by atoms with E-state index in [1.165, 1.54) is 11.8 Å². The Morgan fingerprint density at radius 1 is 1.25 bits per heavy atom. The third-order valence-electron chi connectivity index (χ3n) is 3.46. The molecular weight excluding hydrogens is 346 g/mol. The van der Waals surface area contributed by atoms with Crippen LogP contribution in [0.3, 0.4) is 0 Å². The molecule has 2 aromatic heterocycles. The second-order valence-electron chi connectivity index (χ2n) is 5.32. The molecular formula is C15H17N5O2S2. The van der Waals surface area contributed by atoms with E-state index in [2.05, 4.69) is 26.7 Å². The van der Waals surface area contributed by atoms with Crippen LogP contribution in [0.4, 0.5) is 5.13 Å². The average Bonchev–Trinajstić information content (AvgIpc) is 3.18. The maximum Gasteiger partial charge on any atom is 0.249 e. The van der Waals surface area contributed by atoms with Gasteiger partial charge in [-0.2, -0.15) is 0 Å². The van der Waals surface area contributed by atoms with Crippen molar-refractivity contribution in [1.82, 2.24) is 14.5 Å². The van der Waals surface area contributed by atoms with Crippen LogP contribution in [0.1, 0.15) is 11.4 Å². The summed E-state index contributed by atoms with van der Waals surface area (Å²) in [6, 6.07) is 10.1. The highest BCUT2D eigenvalue weighted by Crippen LogP contribution is 2.25. The third kappa shape index (κ3) is 3.81. The van der Waals surface area contributed by atoms with Gasteiger partial charge < -0.3 is 9.47 Å². The second kappa shape index (κ2) is 6.71. The average molecular weight is 363 g/mol. The van der Waals surface area contributed by atoms with Crippen LogP contribution >= 0.6 is 11.3 Å². The standard InChI is InChI=1S/C15H17N5O2S2/c1-19(15-18-9-14(23-15)24(16,21)22)11-13-17-7-8-20(13)10-12-5-3-2-4-6-12/h2-9H,10-11H2,1H3,(H2,16,21,22). The van der Waals surface area contributed by atoms with Crippen LogP contribution in [0.25, 0.3) is 0 Å². The van der Waals surface area contributed by atoms with Crippen molar-refractivity contribution < 1.29 is 8.42 Å². The van der Waals surface area contributed by atoms with Gasteiger partial charge in [0.05, 0.1) is 12.7 Å². The number of benzene rings is 1. The fourth-order valence-electron chi connectivity index (χ4n) is 2.25. The highest BCUT2D eigenvalue weighted by molar-refractivity contribution is 7.91. The predicted molar refractivity (Wildman–Crippen MR) is 93.4 cm³/mol. The van der Waals surface area contributed by atoms with Gasteiger partial charge in [-0.05, 0) is 5.56 Å². The number of aromatic nitrogens is 3. The van der Waals surface area contributed by atoms with Gasteiger partial charge in [-0.1, -0.05) is 41.7 Å². The zero-order valence-electron chi connectivity index (χ0n) is 13.0. The van der Waals surface area contributed by atoms with Crippen molar-refractivity contribution in [1.29, 1.82) is 0 Å². The summed E-state index contributed by atoms with van der Waals surface area (Å²) in [7, 11) is -1.88. The van der Waals surface area contributed by atoms with E-state index in [0.29, 0.717) is 11.7 Å². The lowest BCUT2D eigenvalue weighted by Gasteiger charge is -2.16. The molecule has 0 unspecified atom stereocenters. The van der Waals surface area contributed by atoms with Gasteiger partial charge in [0.2, 0.25) is 10.0 Å². The van der Waals surface area contributed by atoms with Gasteiger partial charge in [0.15, 0.2) is 9.34 Å². The van der Waals surface area contributed by atoms with Crippen LogP contribution in [0.15, 0.2) is 53.1 Å². The highest BCUT2D eigenvalue weighted by atomic mass is 32.2. The van der Waals surface area contributed by atoms with E-state index < -0.39 is 10.0 Å². The Hall–Kier alpha value is -2.23. The SMILES string of the molecule is CN(Cc1nccn1Cc1ccccc1)c1ncc(S(N)(=O)=O)s1. The fourth-order valence-corrected chi connectivity index (χ4v) is 3.75. The molecule has 0 saturated heterocycles. The molecule has 3 aromatic rings.